The second-order valence-corrected chi connectivity index (χ2v) is 7.56. The van der Waals surface area contributed by atoms with E-state index in [0.29, 0.717) is 11.1 Å². The largest absolute Gasteiger partial charge is 0.508 e. The number of ether oxygens (including phenoxy) is 2. The van der Waals surface area contributed by atoms with Crippen LogP contribution in [0.1, 0.15) is 11.1 Å². The van der Waals surface area contributed by atoms with Crippen molar-refractivity contribution in [2.45, 2.75) is 37.1 Å². The standard InChI is InChI=1S/C23H26O11/c24-15-5-1-13(2-6-15)4-8-19(27)31-12-18-20(28)21(29)22(30)23(33-18)34-32-10-9-14-3-7-16(25)17(26)11-14/h1-8,11,18,20-26,28-30H,9-10,12H2. The van der Waals surface area contributed by atoms with Crippen molar-refractivity contribution >= 4 is 12.0 Å². The number of aliphatic hydroxyl groups is 3. The Morgan fingerprint density at radius 3 is 2.38 bits per heavy atom. The third-order valence-corrected chi connectivity index (χ3v) is 5.04. The summed E-state index contributed by atoms with van der Waals surface area (Å²) in [4.78, 5) is 22.0. The third-order valence-electron chi connectivity index (χ3n) is 5.04. The van der Waals surface area contributed by atoms with Crippen LogP contribution in [0.4, 0.5) is 0 Å². The average Bonchev–Trinajstić information content (AvgIpc) is 2.82. The molecule has 1 aliphatic heterocycles. The van der Waals surface area contributed by atoms with Crippen molar-refractivity contribution in [2.24, 2.45) is 0 Å². The molecule has 5 atom stereocenters. The van der Waals surface area contributed by atoms with E-state index in [1.165, 1.54) is 30.3 Å². The van der Waals surface area contributed by atoms with Gasteiger partial charge in [0.15, 0.2) is 11.5 Å². The number of esters is 1. The molecule has 0 radical (unpaired) electrons. The zero-order valence-corrected chi connectivity index (χ0v) is 17.9. The van der Waals surface area contributed by atoms with Gasteiger partial charge in [-0.05, 0) is 47.9 Å². The van der Waals surface area contributed by atoms with E-state index in [1.807, 2.05) is 0 Å². The van der Waals surface area contributed by atoms with Gasteiger partial charge in [0.1, 0.15) is 36.8 Å². The predicted octanol–water partition coefficient (Wildman–Crippen LogP) is 0.358. The second kappa shape index (κ2) is 11.8. The van der Waals surface area contributed by atoms with Crippen LogP contribution in [0, 0.1) is 0 Å². The SMILES string of the molecule is O=C(C=Cc1ccc(O)cc1)OCC1OC(OOCCc2ccc(O)c(O)c2)C(O)C(O)C1O. The first-order valence-electron chi connectivity index (χ1n) is 10.4. The van der Waals surface area contributed by atoms with Crippen molar-refractivity contribution in [1.82, 2.24) is 0 Å². The van der Waals surface area contributed by atoms with Crippen LogP contribution in [-0.4, -0.2) is 80.5 Å². The van der Waals surface area contributed by atoms with Crippen molar-refractivity contribution in [3.8, 4) is 17.2 Å². The maximum absolute atomic E-state index is 12.0. The summed E-state index contributed by atoms with van der Waals surface area (Å²) in [5.74, 6) is -1.19. The highest BCUT2D eigenvalue weighted by molar-refractivity contribution is 5.87. The quantitative estimate of drug-likeness (QED) is 0.0733. The monoisotopic (exact) mass is 478 g/mol. The molecule has 1 saturated heterocycles. The molecule has 1 heterocycles. The Hall–Kier alpha value is -3.19. The molecule has 2 aromatic carbocycles. The Kier molecular flexibility index (Phi) is 8.82. The summed E-state index contributed by atoms with van der Waals surface area (Å²) in [5, 5.41) is 58.4. The van der Waals surface area contributed by atoms with Gasteiger partial charge in [-0.3, -0.25) is 0 Å². The Bertz CT molecular complexity index is 975. The molecule has 0 spiro atoms. The van der Waals surface area contributed by atoms with E-state index < -0.39 is 43.3 Å². The zero-order chi connectivity index (χ0) is 24.7. The Morgan fingerprint density at radius 1 is 0.941 bits per heavy atom. The summed E-state index contributed by atoms with van der Waals surface area (Å²) in [7, 11) is 0. The highest BCUT2D eigenvalue weighted by atomic mass is 17.2. The van der Waals surface area contributed by atoms with Crippen molar-refractivity contribution in [3.63, 3.8) is 0 Å². The summed E-state index contributed by atoms with van der Waals surface area (Å²) in [6, 6.07) is 10.4. The number of hydrogen-bond acceptors (Lipinski definition) is 11. The van der Waals surface area contributed by atoms with Gasteiger partial charge in [-0.15, -0.1) is 0 Å². The molecule has 0 saturated carbocycles. The van der Waals surface area contributed by atoms with Crippen LogP contribution in [0.2, 0.25) is 0 Å². The lowest BCUT2D eigenvalue weighted by Gasteiger charge is -2.39. The van der Waals surface area contributed by atoms with E-state index in [1.54, 1.807) is 18.2 Å². The molecule has 11 nitrogen and oxygen atoms in total. The summed E-state index contributed by atoms with van der Waals surface area (Å²) < 4.78 is 10.4. The fraction of sp³-hybridized carbons (Fsp3) is 0.348. The van der Waals surface area contributed by atoms with Crippen molar-refractivity contribution in [2.75, 3.05) is 13.2 Å². The Labute approximate surface area is 194 Å². The molecule has 0 aromatic heterocycles. The van der Waals surface area contributed by atoms with Crippen LogP contribution in [0.25, 0.3) is 6.08 Å². The van der Waals surface area contributed by atoms with E-state index in [0.717, 1.165) is 6.08 Å². The van der Waals surface area contributed by atoms with Gasteiger partial charge >= 0.3 is 5.97 Å². The van der Waals surface area contributed by atoms with E-state index >= 15 is 0 Å². The molecule has 6 N–H and O–H groups in total. The second-order valence-electron chi connectivity index (χ2n) is 7.56. The van der Waals surface area contributed by atoms with Gasteiger partial charge in [0.2, 0.25) is 6.29 Å². The van der Waals surface area contributed by atoms with Crippen LogP contribution in [0.15, 0.2) is 48.5 Å². The Morgan fingerprint density at radius 2 is 1.68 bits per heavy atom. The van der Waals surface area contributed by atoms with Gasteiger partial charge in [0, 0.05) is 6.08 Å². The highest BCUT2D eigenvalue weighted by Crippen LogP contribution is 2.25. The van der Waals surface area contributed by atoms with Crippen LogP contribution in [-0.2, 0) is 30.5 Å². The fourth-order valence-electron chi connectivity index (χ4n) is 3.09. The maximum atomic E-state index is 12.0. The number of rotatable bonds is 9. The van der Waals surface area contributed by atoms with E-state index in [-0.39, 0.29) is 30.3 Å². The molecular weight excluding hydrogens is 452 g/mol. The lowest BCUT2D eigenvalue weighted by Crippen LogP contribution is -2.59. The van der Waals surface area contributed by atoms with Crippen molar-refractivity contribution in [3.05, 3.63) is 59.7 Å². The highest BCUT2D eigenvalue weighted by Gasteiger charge is 2.45. The molecule has 0 aliphatic carbocycles. The number of benzene rings is 2. The topological polar surface area (TPSA) is 175 Å². The molecule has 2 aromatic rings. The van der Waals surface area contributed by atoms with E-state index in [2.05, 4.69) is 0 Å². The Balaban J connectivity index is 1.46. The minimum atomic E-state index is -1.65. The molecule has 184 valence electrons. The van der Waals surface area contributed by atoms with Crippen molar-refractivity contribution in [1.29, 1.82) is 0 Å². The molecule has 1 fully saturated rings. The third kappa shape index (κ3) is 6.90. The fourth-order valence-corrected chi connectivity index (χ4v) is 3.09. The first-order chi connectivity index (χ1) is 16.2. The number of aromatic hydroxyl groups is 3. The zero-order valence-electron chi connectivity index (χ0n) is 17.9. The summed E-state index contributed by atoms with van der Waals surface area (Å²) in [6.07, 6.45) is -4.60. The first kappa shape index (κ1) is 25.4. The predicted molar refractivity (Wildman–Crippen MR) is 115 cm³/mol. The smallest absolute Gasteiger partial charge is 0.330 e. The van der Waals surface area contributed by atoms with Gasteiger partial charge in [-0.1, -0.05) is 18.2 Å². The van der Waals surface area contributed by atoms with Crippen LogP contribution in [0.5, 0.6) is 17.2 Å². The molecule has 0 amide bonds. The lowest BCUT2D eigenvalue weighted by molar-refractivity contribution is -0.425. The number of hydrogen-bond donors (Lipinski definition) is 6. The molecule has 34 heavy (non-hydrogen) atoms. The van der Waals surface area contributed by atoms with E-state index in [4.69, 9.17) is 19.2 Å². The average molecular weight is 478 g/mol. The minimum Gasteiger partial charge on any atom is -0.508 e. The molecule has 0 bridgehead atoms. The summed E-state index contributed by atoms with van der Waals surface area (Å²) >= 11 is 0. The van der Waals surface area contributed by atoms with Gasteiger partial charge in [-0.25, -0.2) is 14.6 Å². The molecular formula is C23H26O11. The number of carbonyl (C=O) groups is 1. The minimum absolute atomic E-state index is 0.0167. The van der Waals surface area contributed by atoms with Crippen LogP contribution >= 0.6 is 0 Å². The molecule has 11 heteroatoms. The molecule has 3 rings (SSSR count). The lowest BCUT2D eigenvalue weighted by atomic mass is 9.99. The number of carbonyl (C=O) groups excluding carboxylic acids is 1. The van der Waals surface area contributed by atoms with Gasteiger partial charge in [0.05, 0.1) is 6.61 Å². The van der Waals surface area contributed by atoms with Gasteiger partial charge in [0.25, 0.3) is 0 Å². The normalized spacial score (nSPS) is 24.9. The summed E-state index contributed by atoms with van der Waals surface area (Å²) in [5.41, 5.74) is 1.29. The summed E-state index contributed by atoms with van der Waals surface area (Å²) in [6.45, 7) is -0.451. The van der Waals surface area contributed by atoms with Crippen molar-refractivity contribution < 1.29 is 54.7 Å². The van der Waals surface area contributed by atoms with Crippen LogP contribution in [0.3, 0.4) is 0 Å². The van der Waals surface area contributed by atoms with Gasteiger partial charge in [-0.2, -0.15) is 0 Å². The molecule has 1 aliphatic rings. The number of phenols is 3. The van der Waals surface area contributed by atoms with Crippen LogP contribution < -0.4 is 0 Å². The van der Waals surface area contributed by atoms with Gasteiger partial charge < -0.3 is 40.1 Å². The first-order valence-corrected chi connectivity index (χ1v) is 10.4. The number of aliphatic hydroxyl groups excluding tert-OH is 3. The maximum Gasteiger partial charge on any atom is 0.330 e. The van der Waals surface area contributed by atoms with E-state index in [9.17, 15) is 35.4 Å². The number of phenolic OH excluding ortho intramolecular Hbond substituents is 3. The molecule has 5 unspecified atom stereocenters.